The summed E-state index contributed by atoms with van der Waals surface area (Å²) >= 11 is 0. The molecule has 1 saturated heterocycles. The number of likely N-dealkylation sites (tertiary alicyclic amines) is 1. The van der Waals surface area contributed by atoms with Crippen molar-refractivity contribution in [2.45, 2.75) is 32.0 Å². The Morgan fingerprint density at radius 2 is 2.06 bits per heavy atom. The summed E-state index contributed by atoms with van der Waals surface area (Å²) in [5.41, 5.74) is 5.76. The summed E-state index contributed by atoms with van der Waals surface area (Å²) in [4.78, 5) is 11.3. The lowest BCUT2D eigenvalue weighted by molar-refractivity contribution is -0.192. The minimum Gasteiger partial charge on any atom is -0.475 e. The predicted molar refractivity (Wildman–Crippen MR) is 53.0 cm³/mol. The first kappa shape index (κ1) is 15.2. The lowest BCUT2D eigenvalue weighted by Gasteiger charge is -2.29. The van der Waals surface area contributed by atoms with Gasteiger partial charge in [0, 0.05) is 12.6 Å². The van der Waals surface area contributed by atoms with Crippen molar-refractivity contribution >= 4 is 5.97 Å². The van der Waals surface area contributed by atoms with Crippen LogP contribution in [0, 0.1) is 0 Å². The summed E-state index contributed by atoms with van der Waals surface area (Å²) in [7, 11) is 0. The highest BCUT2D eigenvalue weighted by Gasteiger charge is 2.38. The molecule has 0 bridgehead atoms. The molecule has 1 rings (SSSR count). The number of hydrogen-bond acceptors (Lipinski definition) is 3. The molecule has 0 saturated carbocycles. The first-order valence-electron chi connectivity index (χ1n) is 5.05. The molecule has 1 unspecified atom stereocenters. The highest BCUT2D eigenvalue weighted by Crippen LogP contribution is 2.13. The molecule has 0 aromatic rings. The van der Waals surface area contributed by atoms with Crippen LogP contribution < -0.4 is 5.73 Å². The van der Waals surface area contributed by atoms with Crippen molar-refractivity contribution in [3.63, 3.8) is 0 Å². The van der Waals surface area contributed by atoms with Crippen LogP contribution in [0.5, 0.6) is 0 Å². The number of nitrogens with zero attached hydrogens (tertiary/aromatic N) is 1. The van der Waals surface area contributed by atoms with Gasteiger partial charge in [-0.05, 0) is 25.9 Å². The van der Waals surface area contributed by atoms with E-state index in [1.165, 1.54) is 19.4 Å². The highest BCUT2D eigenvalue weighted by atomic mass is 19.4. The number of halogens is 3. The van der Waals surface area contributed by atoms with Gasteiger partial charge in [0.1, 0.15) is 0 Å². The molecule has 1 aliphatic heterocycles. The van der Waals surface area contributed by atoms with E-state index in [9.17, 15) is 13.2 Å². The zero-order chi connectivity index (χ0) is 12.8. The number of alkyl halides is 3. The number of carboxylic acids is 1. The number of carboxylic acid groups (broad SMARTS) is 1. The standard InChI is InChI=1S/C7H16N2.C2HF3O2/c1-2-9-5-3-4-7(8)6-9;3-2(4,5)1(6)7/h7H,2-6,8H2,1H3;(H,6,7). The molecule has 1 heterocycles. The van der Waals surface area contributed by atoms with Crippen LogP contribution in [0.1, 0.15) is 19.8 Å². The van der Waals surface area contributed by atoms with Gasteiger partial charge in [0.05, 0.1) is 0 Å². The molecule has 7 heteroatoms. The third-order valence-corrected chi connectivity index (χ3v) is 2.23. The van der Waals surface area contributed by atoms with Crippen molar-refractivity contribution in [2.24, 2.45) is 5.73 Å². The van der Waals surface area contributed by atoms with Crippen molar-refractivity contribution in [1.29, 1.82) is 0 Å². The van der Waals surface area contributed by atoms with Crippen molar-refractivity contribution < 1.29 is 23.1 Å². The molecule has 0 spiro atoms. The van der Waals surface area contributed by atoms with Gasteiger partial charge in [-0.25, -0.2) is 4.79 Å². The first-order chi connectivity index (χ1) is 7.27. The SMILES string of the molecule is CCN1CCCC(N)C1.O=C(O)C(F)(F)F. The molecular weight excluding hydrogens is 225 g/mol. The van der Waals surface area contributed by atoms with Crippen LogP contribution >= 0.6 is 0 Å². The number of nitrogens with two attached hydrogens (primary N) is 1. The molecule has 1 atom stereocenters. The smallest absolute Gasteiger partial charge is 0.475 e. The molecule has 96 valence electrons. The van der Waals surface area contributed by atoms with E-state index in [4.69, 9.17) is 15.6 Å². The van der Waals surface area contributed by atoms with Gasteiger partial charge >= 0.3 is 12.1 Å². The Morgan fingerprint density at radius 3 is 2.31 bits per heavy atom. The van der Waals surface area contributed by atoms with E-state index in [0.29, 0.717) is 6.04 Å². The van der Waals surface area contributed by atoms with E-state index < -0.39 is 12.1 Å². The minimum absolute atomic E-state index is 0.443. The van der Waals surface area contributed by atoms with Gasteiger partial charge in [0.2, 0.25) is 0 Å². The van der Waals surface area contributed by atoms with Crippen LogP contribution in [0.25, 0.3) is 0 Å². The molecule has 0 aromatic carbocycles. The molecule has 0 radical (unpaired) electrons. The van der Waals surface area contributed by atoms with Gasteiger partial charge < -0.3 is 15.7 Å². The molecular formula is C9H17F3N2O2. The fraction of sp³-hybridized carbons (Fsp3) is 0.889. The summed E-state index contributed by atoms with van der Waals surface area (Å²) in [5.74, 6) is -2.76. The Labute approximate surface area is 92.2 Å². The fourth-order valence-electron chi connectivity index (χ4n) is 1.38. The maximum Gasteiger partial charge on any atom is 0.490 e. The van der Waals surface area contributed by atoms with Crippen molar-refractivity contribution in [3.05, 3.63) is 0 Å². The van der Waals surface area contributed by atoms with E-state index in [1.54, 1.807) is 0 Å². The predicted octanol–water partition coefficient (Wildman–Crippen LogP) is 1.06. The van der Waals surface area contributed by atoms with Crippen molar-refractivity contribution in [3.8, 4) is 0 Å². The highest BCUT2D eigenvalue weighted by molar-refractivity contribution is 5.73. The summed E-state index contributed by atoms with van der Waals surface area (Å²) in [6.07, 6.45) is -2.58. The zero-order valence-electron chi connectivity index (χ0n) is 9.13. The molecule has 0 aliphatic carbocycles. The molecule has 3 N–H and O–H groups in total. The average molecular weight is 242 g/mol. The quantitative estimate of drug-likeness (QED) is 0.721. The number of piperidine rings is 1. The normalized spacial score (nSPS) is 22.2. The fourth-order valence-corrected chi connectivity index (χ4v) is 1.38. The Balaban J connectivity index is 0.000000293. The molecule has 16 heavy (non-hydrogen) atoms. The second-order valence-corrected chi connectivity index (χ2v) is 3.60. The van der Waals surface area contributed by atoms with Crippen LogP contribution in [0.15, 0.2) is 0 Å². The average Bonchev–Trinajstić information content (AvgIpc) is 2.17. The second kappa shape index (κ2) is 6.70. The van der Waals surface area contributed by atoms with E-state index in [2.05, 4.69) is 11.8 Å². The zero-order valence-corrected chi connectivity index (χ0v) is 9.13. The topological polar surface area (TPSA) is 66.6 Å². The molecule has 4 nitrogen and oxygen atoms in total. The van der Waals surface area contributed by atoms with E-state index in [1.807, 2.05) is 0 Å². The maximum atomic E-state index is 10.6. The first-order valence-corrected chi connectivity index (χ1v) is 5.05. The van der Waals surface area contributed by atoms with Gasteiger partial charge in [-0.2, -0.15) is 13.2 Å². The summed E-state index contributed by atoms with van der Waals surface area (Å²) in [6.45, 7) is 5.71. The second-order valence-electron chi connectivity index (χ2n) is 3.60. The summed E-state index contributed by atoms with van der Waals surface area (Å²) < 4.78 is 31.7. The van der Waals surface area contributed by atoms with Gasteiger partial charge in [0.25, 0.3) is 0 Å². The Morgan fingerprint density at radius 1 is 1.56 bits per heavy atom. The van der Waals surface area contributed by atoms with Crippen LogP contribution in [0.4, 0.5) is 13.2 Å². The van der Waals surface area contributed by atoms with E-state index >= 15 is 0 Å². The third-order valence-electron chi connectivity index (χ3n) is 2.23. The van der Waals surface area contributed by atoms with Crippen LogP contribution in [-0.2, 0) is 4.79 Å². The Bertz CT molecular complexity index is 221. The maximum absolute atomic E-state index is 10.6. The van der Waals surface area contributed by atoms with Crippen molar-refractivity contribution in [2.75, 3.05) is 19.6 Å². The van der Waals surface area contributed by atoms with E-state index in [-0.39, 0.29) is 0 Å². The third kappa shape index (κ3) is 6.62. The minimum atomic E-state index is -5.08. The van der Waals surface area contributed by atoms with Crippen molar-refractivity contribution in [1.82, 2.24) is 4.90 Å². The monoisotopic (exact) mass is 242 g/mol. The number of hydrogen-bond donors (Lipinski definition) is 2. The lowest BCUT2D eigenvalue weighted by atomic mass is 10.1. The Kier molecular flexibility index (Phi) is 6.35. The molecule has 0 aromatic heterocycles. The molecule has 1 aliphatic rings. The summed E-state index contributed by atoms with van der Waals surface area (Å²) in [6, 6.07) is 0.443. The summed E-state index contributed by atoms with van der Waals surface area (Å²) in [5, 5.41) is 7.12. The molecule has 0 amide bonds. The number of likely N-dealkylation sites (N-methyl/N-ethyl adjacent to an activating group) is 1. The van der Waals surface area contributed by atoms with Gasteiger partial charge in [-0.1, -0.05) is 6.92 Å². The van der Waals surface area contributed by atoms with Gasteiger partial charge in [-0.15, -0.1) is 0 Å². The molecule has 1 fully saturated rings. The number of rotatable bonds is 1. The number of carbonyl (C=O) groups is 1. The van der Waals surface area contributed by atoms with Crippen LogP contribution in [0.2, 0.25) is 0 Å². The largest absolute Gasteiger partial charge is 0.490 e. The van der Waals surface area contributed by atoms with Crippen LogP contribution in [-0.4, -0.2) is 47.8 Å². The Hall–Kier alpha value is -0.820. The lowest BCUT2D eigenvalue weighted by Crippen LogP contribution is -2.42. The van der Waals surface area contributed by atoms with Gasteiger partial charge in [-0.3, -0.25) is 0 Å². The number of aliphatic carboxylic acids is 1. The van der Waals surface area contributed by atoms with E-state index in [0.717, 1.165) is 13.1 Å². The van der Waals surface area contributed by atoms with Crippen LogP contribution in [0.3, 0.4) is 0 Å². The van der Waals surface area contributed by atoms with Gasteiger partial charge in [0.15, 0.2) is 0 Å².